The molecule has 38 heavy (non-hydrogen) atoms. The molecule has 0 amide bonds. The van der Waals surface area contributed by atoms with Crippen molar-refractivity contribution >= 4 is 23.5 Å². The Hall–Kier alpha value is -3.37. The summed E-state index contributed by atoms with van der Waals surface area (Å²) in [5.74, 6) is 1.01. The Morgan fingerprint density at radius 2 is 1.92 bits per heavy atom. The number of nitrogens with one attached hydrogen (secondary N) is 2. The van der Waals surface area contributed by atoms with Gasteiger partial charge in [-0.3, -0.25) is 9.89 Å². The van der Waals surface area contributed by atoms with Crippen LogP contribution in [0.25, 0.3) is 6.08 Å². The average molecular weight is 523 g/mol. The van der Waals surface area contributed by atoms with Crippen LogP contribution in [0.1, 0.15) is 37.3 Å². The maximum atomic E-state index is 15.2. The van der Waals surface area contributed by atoms with Gasteiger partial charge < -0.3 is 20.1 Å². The number of halogens is 2. The number of hydrogen-bond donors (Lipinski definition) is 2. The third kappa shape index (κ3) is 5.71. The molecule has 2 aromatic rings. The van der Waals surface area contributed by atoms with Gasteiger partial charge in [0.25, 0.3) is 0 Å². The predicted octanol–water partition coefficient (Wildman–Crippen LogP) is 4.80. The van der Waals surface area contributed by atoms with Crippen molar-refractivity contribution in [3.8, 4) is 11.8 Å². The zero-order chi connectivity index (χ0) is 26.1. The normalized spacial score (nSPS) is 19.1. The van der Waals surface area contributed by atoms with E-state index >= 15 is 4.39 Å². The fourth-order valence-corrected chi connectivity index (χ4v) is 5.06. The molecule has 0 unspecified atom stereocenters. The molecule has 1 saturated carbocycles. The van der Waals surface area contributed by atoms with Gasteiger partial charge in [-0.05, 0) is 56.7 Å². The van der Waals surface area contributed by atoms with Gasteiger partial charge in [0.15, 0.2) is 11.6 Å². The maximum Gasteiger partial charge on any atom is 0.326 e. The Labute approximate surface area is 220 Å². The smallest absolute Gasteiger partial charge is 0.326 e. The van der Waals surface area contributed by atoms with E-state index in [2.05, 4.69) is 36.6 Å². The molecular formula is C28H32F2N6O2. The van der Waals surface area contributed by atoms with Gasteiger partial charge in [0.05, 0.1) is 19.8 Å². The molecule has 1 saturated heterocycles. The van der Waals surface area contributed by atoms with Crippen molar-refractivity contribution in [3.63, 3.8) is 0 Å². The second-order valence-electron chi connectivity index (χ2n) is 10.3. The Morgan fingerprint density at radius 1 is 1.11 bits per heavy atom. The van der Waals surface area contributed by atoms with Crippen LogP contribution in [0.2, 0.25) is 0 Å². The van der Waals surface area contributed by atoms with Crippen LogP contribution in [0, 0.1) is 17.6 Å². The molecule has 4 aliphatic rings. The maximum absolute atomic E-state index is 15.2. The molecule has 3 heterocycles. The molecule has 0 spiro atoms. The summed E-state index contributed by atoms with van der Waals surface area (Å²) in [6, 6.07) is 2.77. The Balaban J connectivity index is 1.20. The quantitative estimate of drug-likeness (QED) is 0.458. The summed E-state index contributed by atoms with van der Waals surface area (Å²) in [6.07, 6.45) is 7.47. The summed E-state index contributed by atoms with van der Waals surface area (Å²) in [5.41, 5.74) is 2.81. The highest BCUT2D eigenvalue weighted by atomic mass is 19.1. The molecule has 2 N–H and O–H groups in total. The van der Waals surface area contributed by atoms with Gasteiger partial charge in [0, 0.05) is 42.9 Å². The number of ether oxygens (including phenoxy) is 2. The molecule has 1 aromatic carbocycles. The zero-order valence-electron chi connectivity index (χ0n) is 21.5. The lowest BCUT2D eigenvalue weighted by atomic mass is 10.1. The first-order valence-corrected chi connectivity index (χ1v) is 13.3. The van der Waals surface area contributed by atoms with Crippen molar-refractivity contribution < 1.29 is 18.3 Å². The molecule has 200 valence electrons. The number of nitrogens with zero attached hydrogens (tertiary/aromatic N) is 4. The van der Waals surface area contributed by atoms with Crippen LogP contribution < -0.4 is 15.4 Å². The van der Waals surface area contributed by atoms with E-state index in [4.69, 9.17) is 9.47 Å². The van der Waals surface area contributed by atoms with Crippen LogP contribution >= 0.6 is 0 Å². The van der Waals surface area contributed by atoms with Gasteiger partial charge in [-0.25, -0.2) is 8.78 Å². The predicted molar refractivity (Wildman–Crippen MR) is 143 cm³/mol. The summed E-state index contributed by atoms with van der Waals surface area (Å²) in [6.45, 7) is 7.60. The lowest BCUT2D eigenvalue weighted by Gasteiger charge is -2.26. The lowest BCUT2D eigenvalue weighted by Crippen LogP contribution is -2.37. The highest BCUT2D eigenvalue weighted by Crippen LogP contribution is 2.38. The first-order chi connectivity index (χ1) is 18.5. The van der Waals surface area contributed by atoms with Crippen molar-refractivity contribution in [1.82, 2.24) is 14.9 Å². The minimum atomic E-state index is -0.614. The third-order valence-electron chi connectivity index (χ3n) is 7.25. The number of allylic oxidation sites excluding steroid dienone is 1. The van der Waals surface area contributed by atoms with E-state index in [0.29, 0.717) is 42.6 Å². The van der Waals surface area contributed by atoms with Crippen LogP contribution in [0.15, 0.2) is 34.3 Å². The number of aromatic nitrogens is 2. The molecule has 0 radical (unpaired) electrons. The van der Waals surface area contributed by atoms with E-state index in [1.165, 1.54) is 18.4 Å². The summed E-state index contributed by atoms with van der Waals surface area (Å²) in [4.78, 5) is 15.8. The molecule has 1 aromatic heterocycles. The van der Waals surface area contributed by atoms with E-state index in [1.54, 1.807) is 12.1 Å². The van der Waals surface area contributed by atoms with Crippen LogP contribution in [-0.2, 0) is 11.2 Å². The van der Waals surface area contributed by atoms with Crippen LogP contribution in [0.4, 0.5) is 20.4 Å². The Morgan fingerprint density at radius 3 is 2.74 bits per heavy atom. The largest absolute Gasteiger partial charge is 0.421 e. The average Bonchev–Trinajstić information content (AvgIpc) is 3.52. The number of rotatable bonds is 9. The molecule has 2 aliphatic heterocycles. The molecule has 0 atom stereocenters. The number of hydrogen-bond acceptors (Lipinski definition) is 8. The van der Waals surface area contributed by atoms with Gasteiger partial charge in [-0.1, -0.05) is 11.6 Å². The molecule has 8 nitrogen and oxygen atoms in total. The number of morpholine rings is 1. The van der Waals surface area contributed by atoms with Crippen LogP contribution in [-0.4, -0.2) is 66.6 Å². The molecule has 2 aliphatic carbocycles. The Kier molecular flexibility index (Phi) is 7.08. The summed E-state index contributed by atoms with van der Waals surface area (Å²) in [7, 11) is 0. The number of amidine groups is 1. The number of anilines is 2. The fourth-order valence-electron chi connectivity index (χ4n) is 5.06. The van der Waals surface area contributed by atoms with Crippen molar-refractivity contribution in [1.29, 1.82) is 0 Å². The van der Waals surface area contributed by atoms with Gasteiger partial charge >= 0.3 is 6.01 Å². The van der Waals surface area contributed by atoms with E-state index in [1.807, 2.05) is 6.92 Å². The summed E-state index contributed by atoms with van der Waals surface area (Å²) in [5, 5.41) is 6.56. The second kappa shape index (κ2) is 10.8. The molecule has 0 bridgehead atoms. The number of benzene rings is 1. The van der Waals surface area contributed by atoms with Crippen LogP contribution in [0.3, 0.4) is 0 Å². The van der Waals surface area contributed by atoms with Crippen molar-refractivity contribution in [2.45, 2.75) is 32.6 Å². The number of fused-ring (bicyclic) bond motifs is 1. The van der Waals surface area contributed by atoms with Gasteiger partial charge in [0.2, 0.25) is 0 Å². The number of aliphatic imine (C=N–C) groups is 1. The zero-order valence-corrected chi connectivity index (χ0v) is 21.5. The van der Waals surface area contributed by atoms with Crippen LogP contribution in [0.5, 0.6) is 11.8 Å². The highest BCUT2D eigenvalue weighted by Gasteiger charge is 2.28. The SMILES string of the molecule is CC1=Cc2c(F)c(Oc3nc(NCCCN4CCOCC4)cc(NC4=NCC(C5CC5)=C4)n3)cc(F)c2C1. The molecule has 10 heteroatoms. The van der Waals surface area contributed by atoms with Crippen molar-refractivity contribution in [2.75, 3.05) is 56.6 Å². The minimum Gasteiger partial charge on any atom is -0.421 e. The van der Waals surface area contributed by atoms with E-state index in [9.17, 15) is 4.39 Å². The Bertz CT molecular complexity index is 1310. The van der Waals surface area contributed by atoms with E-state index in [-0.39, 0.29) is 17.3 Å². The highest BCUT2D eigenvalue weighted by molar-refractivity contribution is 6.05. The van der Waals surface area contributed by atoms with Gasteiger partial charge in [-0.2, -0.15) is 9.97 Å². The van der Waals surface area contributed by atoms with Gasteiger partial charge in [-0.15, -0.1) is 0 Å². The third-order valence-corrected chi connectivity index (χ3v) is 7.25. The first kappa shape index (κ1) is 24.9. The molecule has 6 rings (SSSR count). The van der Waals surface area contributed by atoms with E-state index < -0.39 is 11.6 Å². The topological polar surface area (TPSA) is 83.9 Å². The summed E-state index contributed by atoms with van der Waals surface area (Å²) >= 11 is 0. The van der Waals surface area contributed by atoms with E-state index in [0.717, 1.165) is 56.7 Å². The van der Waals surface area contributed by atoms with Crippen molar-refractivity contribution in [2.24, 2.45) is 10.9 Å². The standard InChI is InChI=1S/C28H32F2N6O2/c1-17-11-20-21(12-17)27(30)23(14-22(20)29)38-28-34-25(31-5-2-6-36-7-9-37-10-8-36)15-26(35-28)33-24-13-19(16-32-24)18-3-4-18/h12-15,18H,2-11,16H2,1H3,(H2,31,32,33,34,35). The molecule has 2 fully saturated rings. The second-order valence-corrected chi connectivity index (χ2v) is 10.3. The summed E-state index contributed by atoms with van der Waals surface area (Å²) < 4.78 is 41.1. The fraction of sp³-hybridized carbons (Fsp3) is 0.464. The first-order valence-electron chi connectivity index (χ1n) is 13.3. The van der Waals surface area contributed by atoms with Gasteiger partial charge in [0.1, 0.15) is 23.3 Å². The lowest BCUT2D eigenvalue weighted by molar-refractivity contribution is 0.0378. The molecular weight excluding hydrogens is 490 g/mol. The van der Waals surface area contributed by atoms with Crippen molar-refractivity contribution in [3.05, 3.63) is 52.1 Å². The minimum absolute atomic E-state index is 0.0763. The monoisotopic (exact) mass is 522 g/mol.